The molecule has 6 nitrogen and oxygen atoms in total. The summed E-state index contributed by atoms with van der Waals surface area (Å²) in [6, 6.07) is 7.82. The molecule has 0 saturated carbocycles. The number of rotatable bonds is 7. The summed E-state index contributed by atoms with van der Waals surface area (Å²) in [7, 11) is 1.67. The van der Waals surface area contributed by atoms with Gasteiger partial charge in [0, 0.05) is 38.3 Å². The minimum atomic E-state index is -0.220. The number of para-hydroxylation sites is 1. The maximum atomic E-state index is 12.5. The standard InChI is InChI=1S/C19H26N4O2/c1-19(2,3)15-8-5-6-9-16(15)23-17(24)14-12-21-18(22-13-14)20-10-7-11-25-4/h5-6,8-9,12-13H,7,10-11H2,1-4H3,(H,23,24)(H,20,21,22). The van der Waals surface area contributed by atoms with E-state index in [0.717, 1.165) is 24.2 Å². The van der Waals surface area contributed by atoms with Crippen molar-refractivity contribution in [3.63, 3.8) is 0 Å². The van der Waals surface area contributed by atoms with Crippen LogP contribution in [0.25, 0.3) is 0 Å². The van der Waals surface area contributed by atoms with Crippen LogP contribution in [0.4, 0.5) is 11.6 Å². The van der Waals surface area contributed by atoms with Crippen molar-refractivity contribution in [2.45, 2.75) is 32.6 Å². The molecule has 6 heteroatoms. The summed E-state index contributed by atoms with van der Waals surface area (Å²) in [5.74, 6) is 0.283. The Morgan fingerprint density at radius 2 is 1.84 bits per heavy atom. The normalized spacial score (nSPS) is 11.2. The van der Waals surface area contributed by atoms with Gasteiger partial charge in [0.15, 0.2) is 0 Å². The molecule has 1 heterocycles. The van der Waals surface area contributed by atoms with Gasteiger partial charge in [0.05, 0.1) is 5.56 Å². The first-order chi connectivity index (χ1) is 11.9. The Morgan fingerprint density at radius 1 is 1.16 bits per heavy atom. The number of methoxy groups -OCH3 is 1. The lowest BCUT2D eigenvalue weighted by Crippen LogP contribution is -2.19. The number of ether oxygens (including phenoxy) is 1. The van der Waals surface area contributed by atoms with Crippen LogP contribution in [0.3, 0.4) is 0 Å². The van der Waals surface area contributed by atoms with Crippen LogP contribution in [0.5, 0.6) is 0 Å². The average Bonchev–Trinajstić information content (AvgIpc) is 2.59. The van der Waals surface area contributed by atoms with Crippen molar-refractivity contribution in [3.8, 4) is 0 Å². The molecule has 0 saturated heterocycles. The molecule has 0 radical (unpaired) electrons. The van der Waals surface area contributed by atoms with Gasteiger partial charge in [0.1, 0.15) is 0 Å². The van der Waals surface area contributed by atoms with Gasteiger partial charge in [-0.15, -0.1) is 0 Å². The average molecular weight is 342 g/mol. The molecule has 0 fully saturated rings. The fraction of sp³-hybridized carbons (Fsp3) is 0.421. The number of carbonyl (C=O) groups excluding carboxylic acids is 1. The van der Waals surface area contributed by atoms with E-state index < -0.39 is 0 Å². The van der Waals surface area contributed by atoms with E-state index >= 15 is 0 Å². The lowest BCUT2D eigenvalue weighted by molar-refractivity contribution is 0.102. The third kappa shape index (κ3) is 5.53. The number of anilines is 2. The zero-order valence-electron chi connectivity index (χ0n) is 15.3. The molecule has 0 unspecified atom stereocenters. The second-order valence-corrected chi connectivity index (χ2v) is 6.82. The Hall–Kier alpha value is -2.47. The van der Waals surface area contributed by atoms with E-state index in [1.54, 1.807) is 7.11 Å². The summed E-state index contributed by atoms with van der Waals surface area (Å²) in [6.45, 7) is 7.75. The topological polar surface area (TPSA) is 76.1 Å². The van der Waals surface area contributed by atoms with Gasteiger partial charge >= 0.3 is 0 Å². The predicted octanol–water partition coefficient (Wildman–Crippen LogP) is 3.47. The molecule has 134 valence electrons. The predicted molar refractivity (Wildman–Crippen MR) is 100 cm³/mol. The van der Waals surface area contributed by atoms with Crippen molar-refractivity contribution in [2.75, 3.05) is 30.9 Å². The summed E-state index contributed by atoms with van der Waals surface area (Å²) >= 11 is 0. The van der Waals surface area contributed by atoms with Gasteiger partial charge < -0.3 is 15.4 Å². The Balaban J connectivity index is 2.02. The molecule has 0 bridgehead atoms. The lowest BCUT2D eigenvalue weighted by Gasteiger charge is -2.22. The molecule has 25 heavy (non-hydrogen) atoms. The molecule has 0 aliphatic rings. The van der Waals surface area contributed by atoms with Crippen molar-refractivity contribution in [3.05, 3.63) is 47.8 Å². The minimum absolute atomic E-state index is 0.0592. The van der Waals surface area contributed by atoms with E-state index in [-0.39, 0.29) is 11.3 Å². The van der Waals surface area contributed by atoms with Crippen LogP contribution in [0.15, 0.2) is 36.7 Å². The van der Waals surface area contributed by atoms with Gasteiger partial charge in [0.25, 0.3) is 5.91 Å². The van der Waals surface area contributed by atoms with Crippen molar-refractivity contribution < 1.29 is 9.53 Å². The first-order valence-corrected chi connectivity index (χ1v) is 8.37. The molecule has 0 atom stereocenters. The fourth-order valence-electron chi connectivity index (χ4n) is 2.39. The van der Waals surface area contributed by atoms with Gasteiger partial charge in [-0.25, -0.2) is 9.97 Å². The van der Waals surface area contributed by atoms with Crippen molar-refractivity contribution in [1.29, 1.82) is 0 Å². The van der Waals surface area contributed by atoms with Crippen LogP contribution < -0.4 is 10.6 Å². The van der Waals surface area contributed by atoms with E-state index in [2.05, 4.69) is 41.4 Å². The molecule has 1 aromatic heterocycles. The summed E-state index contributed by atoms with van der Waals surface area (Å²) in [5.41, 5.74) is 2.25. The summed E-state index contributed by atoms with van der Waals surface area (Å²) in [6.07, 6.45) is 3.92. The van der Waals surface area contributed by atoms with Crippen LogP contribution in [0.2, 0.25) is 0 Å². The third-order valence-corrected chi connectivity index (χ3v) is 3.71. The Morgan fingerprint density at radius 3 is 2.48 bits per heavy atom. The Kier molecular flexibility index (Phi) is 6.47. The van der Waals surface area contributed by atoms with E-state index in [1.807, 2.05) is 24.3 Å². The second-order valence-electron chi connectivity index (χ2n) is 6.82. The molecule has 0 spiro atoms. The van der Waals surface area contributed by atoms with Gasteiger partial charge in [-0.3, -0.25) is 4.79 Å². The van der Waals surface area contributed by atoms with Crippen LogP contribution >= 0.6 is 0 Å². The smallest absolute Gasteiger partial charge is 0.258 e. The van der Waals surface area contributed by atoms with Crippen molar-refractivity contribution in [2.24, 2.45) is 0 Å². The van der Waals surface area contributed by atoms with E-state index in [9.17, 15) is 4.79 Å². The fourth-order valence-corrected chi connectivity index (χ4v) is 2.39. The molecule has 0 aliphatic carbocycles. The molecule has 1 aromatic carbocycles. The molecule has 2 N–H and O–H groups in total. The highest BCUT2D eigenvalue weighted by atomic mass is 16.5. The molecule has 2 rings (SSSR count). The van der Waals surface area contributed by atoms with E-state index in [1.165, 1.54) is 12.4 Å². The molecular formula is C19H26N4O2. The highest BCUT2D eigenvalue weighted by molar-refractivity contribution is 6.04. The molecule has 2 aromatic rings. The van der Waals surface area contributed by atoms with Crippen LogP contribution in [0, 0.1) is 0 Å². The first-order valence-electron chi connectivity index (χ1n) is 8.37. The maximum Gasteiger partial charge on any atom is 0.258 e. The minimum Gasteiger partial charge on any atom is -0.385 e. The zero-order chi connectivity index (χ0) is 18.3. The van der Waals surface area contributed by atoms with Gasteiger partial charge in [-0.05, 0) is 23.5 Å². The lowest BCUT2D eigenvalue weighted by atomic mass is 9.86. The number of carbonyl (C=O) groups is 1. The highest BCUT2D eigenvalue weighted by Gasteiger charge is 2.19. The molecule has 0 aliphatic heterocycles. The largest absolute Gasteiger partial charge is 0.385 e. The molecular weight excluding hydrogens is 316 g/mol. The van der Waals surface area contributed by atoms with Crippen molar-refractivity contribution in [1.82, 2.24) is 9.97 Å². The summed E-state index contributed by atoms with van der Waals surface area (Å²) in [4.78, 5) is 20.8. The van der Waals surface area contributed by atoms with Gasteiger partial charge in [-0.1, -0.05) is 39.0 Å². The number of hydrogen-bond donors (Lipinski definition) is 2. The highest BCUT2D eigenvalue weighted by Crippen LogP contribution is 2.29. The summed E-state index contributed by atoms with van der Waals surface area (Å²) < 4.78 is 4.99. The van der Waals surface area contributed by atoms with E-state index in [0.29, 0.717) is 18.1 Å². The third-order valence-electron chi connectivity index (χ3n) is 3.71. The quantitative estimate of drug-likeness (QED) is 0.754. The van der Waals surface area contributed by atoms with E-state index in [4.69, 9.17) is 4.74 Å². The van der Waals surface area contributed by atoms with Crippen LogP contribution in [0.1, 0.15) is 43.1 Å². The molecule has 1 amide bonds. The number of nitrogens with one attached hydrogen (secondary N) is 2. The summed E-state index contributed by atoms with van der Waals surface area (Å²) in [5, 5.41) is 6.05. The van der Waals surface area contributed by atoms with Crippen LogP contribution in [-0.2, 0) is 10.2 Å². The number of amides is 1. The maximum absolute atomic E-state index is 12.5. The Bertz CT molecular complexity index is 693. The van der Waals surface area contributed by atoms with Crippen molar-refractivity contribution >= 4 is 17.5 Å². The first kappa shape index (κ1) is 18.9. The number of benzene rings is 1. The number of hydrogen-bond acceptors (Lipinski definition) is 5. The monoisotopic (exact) mass is 342 g/mol. The Labute approximate surface area is 149 Å². The van der Waals surface area contributed by atoms with Crippen LogP contribution in [-0.4, -0.2) is 36.1 Å². The zero-order valence-corrected chi connectivity index (χ0v) is 15.3. The van der Waals surface area contributed by atoms with Gasteiger partial charge in [0.2, 0.25) is 5.95 Å². The second kappa shape index (κ2) is 8.58. The van der Waals surface area contributed by atoms with Gasteiger partial charge in [-0.2, -0.15) is 0 Å². The number of nitrogens with zero attached hydrogens (tertiary/aromatic N) is 2. The SMILES string of the molecule is COCCCNc1ncc(C(=O)Nc2ccccc2C(C)(C)C)cn1. The number of aromatic nitrogens is 2.